The first-order valence-corrected chi connectivity index (χ1v) is 10.8. The molecule has 0 spiro atoms. The molecule has 0 unspecified atom stereocenters. The van der Waals surface area contributed by atoms with Crippen molar-refractivity contribution in [1.29, 1.82) is 0 Å². The molecule has 0 bridgehead atoms. The molecular weight excluding hydrogens is 348 g/mol. The van der Waals surface area contributed by atoms with Crippen LogP contribution in [0.5, 0.6) is 0 Å². The fourth-order valence-electron chi connectivity index (χ4n) is 4.55. The summed E-state index contributed by atoms with van der Waals surface area (Å²) < 4.78 is 0. The number of hydrogen-bond acceptors (Lipinski definition) is 5. The average Bonchev–Trinajstić information content (AvgIpc) is 2.68. The van der Waals surface area contributed by atoms with E-state index in [4.69, 9.17) is 4.98 Å². The minimum absolute atomic E-state index is 0.244. The van der Waals surface area contributed by atoms with Gasteiger partial charge in [0.05, 0.1) is 11.6 Å². The molecule has 2 fully saturated rings. The third-order valence-corrected chi connectivity index (χ3v) is 6.25. The topological polar surface area (TPSA) is 42.8 Å². The lowest BCUT2D eigenvalue weighted by atomic mass is 10.0. The summed E-state index contributed by atoms with van der Waals surface area (Å²) in [5, 5.41) is 11.4. The number of aromatic nitrogens is 1. The molecular formula is C23H34N4O. The van der Waals surface area contributed by atoms with Gasteiger partial charge in [-0.25, -0.2) is 4.98 Å². The first-order valence-electron chi connectivity index (χ1n) is 10.8. The van der Waals surface area contributed by atoms with Crippen LogP contribution in [0.4, 0.5) is 5.82 Å². The van der Waals surface area contributed by atoms with Crippen LogP contribution >= 0.6 is 0 Å². The molecule has 3 heterocycles. The zero-order valence-electron chi connectivity index (χ0n) is 17.6. The van der Waals surface area contributed by atoms with Crippen molar-refractivity contribution in [2.75, 3.05) is 44.2 Å². The van der Waals surface area contributed by atoms with Crippen molar-refractivity contribution in [1.82, 2.24) is 14.8 Å². The Morgan fingerprint density at radius 3 is 2.61 bits per heavy atom. The predicted octanol–water partition coefficient (Wildman–Crippen LogP) is 3.03. The van der Waals surface area contributed by atoms with Gasteiger partial charge < -0.3 is 10.0 Å². The minimum Gasteiger partial charge on any atom is -0.391 e. The molecule has 1 atom stereocenters. The van der Waals surface area contributed by atoms with Crippen molar-refractivity contribution in [2.24, 2.45) is 0 Å². The van der Waals surface area contributed by atoms with E-state index < -0.39 is 0 Å². The number of benzene rings is 1. The zero-order chi connectivity index (χ0) is 19.7. The van der Waals surface area contributed by atoms with Gasteiger partial charge >= 0.3 is 0 Å². The number of piperidine rings is 1. The monoisotopic (exact) mass is 382 g/mol. The molecule has 152 valence electrons. The van der Waals surface area contributed by atoms with Crippen LogP contribution in [0.3, 0.4) is 0 Å². The van der Waals surface area contributed by atoms with Crippen LogP contribution in [-0.4, -0.2) is 71.3 Å². The highest BCUT2D eigenvalue weighted by molar-refractivity contribution is 5.82. The molecule has 0 amide bonds. The second-order valence-electron chi connectivity index (χ2n) is 8.82. The number of aliphatic hydroxyl groups excluding tert-OH is 1. The summed E-state index contributed by atoms with van der Waals surface area (Å²) in [5.74, 6) is 1.07. The molecule has 0 aliphatic carbocycles. The molecule has 5 nitrogen and oxygen atoms in total. The van der Waals surface area contributed by atoms with E-state index >= 15 is 0 Å². The molecule has 0 saturated carbocycles. The molecule has 28 heavy (non-hydrogen) atoms. The third-order valence-electron chi connectivity index (χ3n) is 6.25. The van der Waals surface area contributed by atoms with Gasteiger partial charge in [0.2, 0.25) is 0 Å². The number of rotatable bonds is 4. The van der Waals surface area contributed by atoms with Gasteiger partial charge in [0.1, 0.15) is 5.82 Å². The quantitative estimate of drug-likeness (QED) is 0.880. The number of pyridine rings is 1. The van der Waals surface area contributed by atoms with Gasteiger partial charge in [-0.05, 0) is 51.8 Å². The number of β-amino-alcohol motifs (C(OH)–C–C–N with tert-alkyl or cyclic N) is 1. The highest BCUT2D eigenvalue weighted by Crippen LogP contribution is 2.28. The molecule has 2 saturated heterocycles. The Morgan fingerprint density at radius 2 is 1.89 bits per heavy atom. The lowest BCUT2D eigenvalue weighted by molar-refractivity contribution is 0.104. The van der Waals surface area contributed by atoms with Gasteiger partial charge in [0, 0.05) is 62.8 Å². The number of fused-ring (bicyclic) bond motifs is 1. The second-order valence-corrected chi connectivity index (χ2v) is 8.82. The van der Waals surface area contributed by atoms with E-state index in [2.05, 4.69) is 59.7 Å². The molecule has 1 aromatic carbocycles. The lowest BCUT2D eigenvalue weighted by Crippen LogP contribution is -2.48. The highest BCUT2D eigenvalue weighted by atomic mass is 16.3. The maximum Gasteiger partial charge on any atom is 0.133 e. The Bertz CT molecular complexity index is 814. The van der Waals surface area contributed by atoms with E-state index in [0.717, 1.165) is 63.4 Å². The minimum atomic E-state index is -0.244. The molecule has 2 aromatic rings. The fourth-order valence-corrected chi connectivity index (χ4v) is 4.55. The van der Waals surface area contributed by atoms with Gasteiger partial charge in [-0.3, -0.25) is 9.80 Å². The summed E-state index contributed by atoms with van der Waals surface area (Å²) >= 11 is 0. The van der Waals surface area contributed by atoms with Gasteiger partial charge in [-0.15, -0.1) is 0 Å². The van der Waals surface area contributed by atoms with Crippen LogP contribution in [0.25, 0.3) is 10.9 Å². The largest absolute Gasteiger partial charge is 0.391 e. The van der Waals surface area contributed by atoms with Crippen LogP contribution in [0, 0.1) is 6.92 Å². The Kier molecular flexibility index (Phi) is 5.85. The van der Waals surface area contributed by atoms with Gasteiger partial charge in [-0.1, -0.05) is 11.6 Å². The summed E-state index contributed by atoms with van der Waals surface area (Å²) in [4.78, 5) is 12.5. The van der Waals surface area contributed by atoms with Gasteiger partial charge in [0.15, 0.2) is 0 Å². The number of aliphatic hydroxyl groups is 1. The van der Waals surface area contributed by atoms with Crippen LogP contribution < -0.4 is 4.90 Å². The van der Waals surface area contributed by atoms with Crippen LogP contribution in [0.2, 0.25) is 0 Å². The Balaban J connectivity index is 1.62. The van der Waals surface area contributed by atoms with Crippen molar-refractivity contribution >= 4 is 16.7 Å². The normalized spacial score (nSPS) is 22.3. The molecule has 4 rings (SSSR count). The van der Waals surface area contributed by atoms with E-state index in [0.29, 0.717) is 12.6 Å². The maximum atomic E-state index is 10.2. The van der Waals surface area contributed by atoms with Gasteiger partial charge in [-0.2, -0.15) is 0 Å². The molecule has 5 heteroatoms. The van der Waals surface area contributed by atoms with Crippen molar-refractivity contribution in [2.45, 2.75) is 52.3 Å². The Morgan fingerprint density at radius 1 is 1.11 bits per heavy atom. The molecule has 0 radical (unpaired) electrons. The van der Waals surface area contributed by atoms with Crippen LogP contribution in [-0.2, 0) is 6.54 Å². The number of piperazine rings is 1. The molecule has 2 aliphatic heterocycles. The first kappa shape index (κ1) is 19.6. The smallest absolute Gasteiger partial charge is 0.133 e. The maximum absolute atomic E-state index is 10.2. The van der Waals surface area contributed by atoms with E-state index in [1.54, 1.807) is 0 Å². The number of anilines is 1. The lowest BCUT2D eigenvalue weighted by Gasteiger charge is -2.38. The number of nitrogens with zero attached hydrogens (tertiary/aromatic N) is 4. The highest BCUT2D eigenvalue weighted by Gasteiger charge is 2.24. The van der Waals surface area contributed by atoms with Crippen LogP contribution in [0.1, 0.15) is 37.8 Å². The Hall–Kier alpha value is -1.69. The summed E-state index contributed by atoms with van der Waals surface area (Å²) in [6.45, 7) is 13.8. The average molecular weight is 383 g/mol. The molecule has 2 aliphatic rings. The van der Waals surface area contributed by atoms with Crippen molar-refractivity contribution < 1.29 is 5.11 Å². The van der Waals surface area contributed by atoms with E-state index in [1.807, 2.05) is 0 Å². The molecule has 1 aromatic heterocycles. The van der Waals surface area contributed by atoms with Crippen molar-refractivity contribution in [3.8, 4) is 0 Å². The zero-order valence-corrected chi connectivity index (χ0v) is 17.6. The van der Waals surface area contributed by atoms with Crippen molar-refractivity contribution in [3.63, 3.8) is 0 Å². The Labute approximate surface area is 169 Å². The van der Waals surface area contributed by atoms with Crippen molar-refractivity contribution in [3.05, 3.63) is 35.4 Å². The number of aryl methyl sites for hydroxylation is 1. The first-order chi connectivity index (χ1) is 13.5. The standard InChI is InChI=1S/C23H34N4O/c1-17(2)26-11-9-25(10-12-26)15-20-14-19-13-18(3)6-7-22(19)24-23(20)27-8-4-5-21(28)16-27/h6-7,13-14,17,21,28H,4-5,8-12,15-16H2,1-3H3/t21-/m1/s1. The van der Waals surface area contributed by atoms with Gasteiger partial charge in [0.25, 0.3) is 0 Å². The van der Waals surface area contributed by atoms with E-state index in [-0.39, 0.29) is 6.10 Å². The summed E-state index contributed by atoms with van der Waals surface area (Å²) in [6, 6.07) is 9.45. The summed E-state index contributed by atoms with van der Waals surface area (Å²) in [5.41, 5.74) is 3.62. The predicted molar refractivity (Wildman–Crippen MR) is 116 cm³/mol. The third kappa shape index (κ3) is 4.32. The fraction of sp³-hybridized carbons (Fsp3) is 0.609. The summed E-state index contributed by atoms with van der Waals surface area (Å²) in [7, 11) is 0. The second kappa shape index (κ2) is 8.36. The van der Waals surface area contributed by atoms with E-state index in [9.17, 15) is 5.11 Å². The molecule has 1 N–H and O–H groups in total. The van der Waals surface area contributed by atoms with Crippen LogP contribution in [0.15, 0.2) is 24.3 Å². The summed E-state index contributed by atoms with van der Waals surface area (Å²) in [6.07, 6.45) is 1.68. The number of hydrogen-bond donors (Lipinski definition) is 1. The SMILES string of the molecule is Cc1ccc2nc(N3CCC[C@@H](O)C3)c(CN3CCN(C(C)C)CC3)cc2c1. The van der Waals surface area contributed by atoms with E-state index in [1.165, 1.54) is 16.5 Å².